The van der Waals surface area contributed by atoms with Crippen LogP contribution < -0.4 is 0 Å². The number of rotatable bonds is 0. The molecule has 3 atom stereocenters. The molecule has 0 aromatic heterocycles. The Labute approximate surface area is 66.9 Å². The van der Waals surface area contributed by atoms with Gasteiger partial charge in [-0.2, -0.15) is 0 Å². The van der Waals surface area contributed by atoms with Crippen molar-refractivity contribution in [2.45, 2.75) is 38.6 Å². The zero-order valence-electron chi connectivity index (χ0n) is 6.95. The second-order valence-electron chi connectivity index (χ2n) is 4.05. The van der Waals surface area contributed by atoms with Crippen molar-refractivity contribution >= 4 is 0 Å². The molecule has 0 aromatic rings. The fourth-order valence-corrected chi connectivity index (χ4v) is 1.77. The van der Waals surface area contributed by atoms with Crippen LogP contribution in [0.4, 0.5) is 0 Å². The third-order valence-electron chi connectivity index (χ3n) is 2.87. The number of fused-ring (bicyclic) bond motifs is 2. The van der Waals surface area contributed by atoms with E-state index in [1.165, 1.54) is 0 Å². The molecule has 2 nitrogen and oxygen atoms in total. The molecular formula is C9H14O2. The van der Waals surface area contributed by atoms with E-state index in [2.05, 4.69) is 12.2 Å². The first kappa shape index (κ1) is 7.32. The molecule has 0 aliphatic carbocycles. The normalized spacial score (nSPS) is 46.3. The molecule has 62 valence electrons. The SMILES string of the molecule is CC1(C)[C@@H](O)C[C@@H]2C=C[C@H]1O2. The van der Waals surface area contributed by atoms with Crippen LogP contribution in [0.25, 0.3) is 0 Å². The lowest BCUT2D eigenvalue weighted by Crippen LogP contribution is -2.46. The van der Waals surface area contributed by atoms with Crippen molar-refractivity contribution < 1.29 is 9.84 Å². The molecule has 2 rings (SSSR count). The Morgan fingerprint density at radius 3 is 2.91 bits per heavy atom. The van der Waals surface area contributed by atoms with E-state index in [-0.39, 0.29) is 23.7 Å². The second-order valence-corrected chi connectivity index (χ2v) is 4.05. The molecular weight excluding hydrogens is 140 g/mol. The van der Waals surface area contributed by atoms with Gasteiger partial charge in [0.1, 0.15) is 0 Å². The Bertz CT molecular complexity index is 196. The van der Waals surface area contributed by atoms with Crippen molar-refractivity contribution in [3.8, 4) is 0 Å². The minimum atomic E-state index is -0.221. The van der Waals surface area contributed by atoms with Gasteiger partial charge >= 0.3 is 0 Å². The maximum atomic E-state index is 9.70. The highest BCUT2D eigenvalue weighted by molar-refractivity contribution is 5.13. The maximum absolute atomic E-state index is 9.70. The molecule has 2 heterocycles. The van der Waals surface area contributed by atoms with Crippen LogP contribution in [0, 0.1) is 5.41 Å². The van der Waals surface area contributed by atoms with E-state index in [4.69, 9.17) is 4.74 Å². The molecule has 2 heteroatoms. The molecule has 0 spiro atoms. The van der Waals surface area contributed by atoms with E-state index >= 15 is 0 Å². The maximum Gasteiger partial charge on any atom is 0.0840 e. The highest BCUT2D eigenvalue weighted by Crippen LogP contribution is 2.40. The van der Waals surface area contributed by atoms with Crippen LogP contribution in [0.1, 0.15) is 20.3 Å². The summed E-state index contributed by atoms with van der Waals surface area (Å²) in [5.74, 6) is 0. The molecule has 0 aromatic carbocycles. The molecule has 0 unspecified atom stereocenters. The third kappa shape index (κ3) is 0.932. The van der Waals surface area contributed by atoms with Crippen LogP contribution in [0.15, 0.2) is 12.2 Å². The molecule has 0 amide bonds. The third-order valence-corrected chi connectivity index (χ3v) is 2.87. The lowest BCUT2D eigenvalue weighted by Gasteiger charge is -2.40. The number of aliphatic hydroxyl groups excluding tert-OH is 1. The number of hydrogen-bond donors (Lipinski definition) is 1. The van der Waals surface area contributed by atoms with E-state index in [1.54, 1.807) is 0 Å². The predicted molar refractivity (Wildman–Crippen MR) is 42.2 cm³/mol. The quantitative estimate of drug-likeness (QED) is 0.529. The average molecular weight is 154 g/mol. The zero-order valence-corrected chi connectivity index (χ0v) is 6.95. The van der Waals surface area contributed by atoms with Gasteiger partial charge in [0.25, 0.3) is 0 Å². The van der Waals surface area contributed by atoms with E-state index in [9.17, 15) is 5.11 Å². The molecule has 2 aliphatic rings. The standard InChI is InChI=1S/C9H14O2/c1-9(2)7(10)5-6-3-4-8(9)11-6/h3-4,6-8,10H,5H2,1-2H3/t6-,7-,8+/m0/s1. The number of aliphatic hydroxyl groups is 1. The van der Waals surface area contributed by atoms with Crippen LogP contribution >= 0.6 is 0 Å². The molecule has 11 heavy (non-hydrogen) atoms. The first-order valence-electron chi connectivity index (χ1n) is 4.12. The minimum Gasteiger partial charge on any atom is -0.392 e. The average Bonchev–Trinajstić information content (AvgIpc) is 2.31. The van der Waals surface area contributed by atoms with Crippen LogP contribution in [-0.2, 0) is 4.74 Å². The van der Waals surface area contributed by atoms with Crippen molar-refractivity contribution in [1.82, 2.24) is 0 Å². The lowest BCUT2D eigenvalue weighted by molar-refractivity contribution is -0.128. The van der Waals surface area contributed by atoms with Gasteiger partial charge in [0.15, 0.2) is 0 Å². The molecule has 2 aliphatic heterocycles. The van der Waals surface area contributed by atoms with Crippen molar-refractivity contribution in [1.29, 1.82) is 0 Å². The van der Waals surface area contributed by atoms with Gasteiger partial charge in [-0.3, -0.25) is 0 Å². The van der Waals surface area contributed by atoms with E-state index in [1.807, 2.05) is 13.8 Å². The van der Waals surface area contributed by atoms with E-state index < -0.39 is 0 Å². The van der Waals surface area contributed by atoms with Crippen molar-refractivity contribution in [3.05, 3.63) is 12.2 Å². The smallest absolute Gasteiger partial charge is 0.0840 e. The highest BCUT2D eigenvalue weighted by Gasteiger charge is 2.44. The van der Waals surface area contributed by atoms with Gasteiger partial charge in [0.2, 0.25) is 0 Å². The summed E-state index contributed by atoms with van der Waals surface area (Å²) in [6, 6.07) is 0. The summed E-state index contributed by atoms with van der Waals surface area (Å²) in [6.07, 6.45) is 4.95. The van der Waals surface area contributed by atoms with Crippen LogP contribution in [0.3, 0.4) is 0 Å². The van der Waals surface area contributed by atoms with Gasteiger partial charge in [0.05, 0.1) is 18.3 Å². The van der Waals surface area contributed by atoms with Crippen molar-refractivity contribution in [3.63, 3.8) is 0 Å². The van der Waals surface area contributed by atoms with E-state index in [0.717, 1.165) is 6.42 Å². The number of hydrogen-bond acceptors (Lipinski definition) is 2. The Balaban J connectivity index is 2.26. The fourth-order valence-electron chi connectivity index (χ4n) is 1.77. The summed E-state index contributed by atoms with van der Waals surface area (Å²) < 4.78 is 5.61. The summed E-state index contributed by atoms with van der Waals surface area (Å²) >= 11 is 0. The number of ether oxygens (including phenoxy) is 1. The van der Waals surface area contributed by atoms with Gasteiger partial charge in [-0.15, -0.1) is 0 Å². The van der Waals surface area contributed by atoms with Gasteiger partial charge < -0.3 is 9.84 Å². The summed E-state index contributed by atoms with van der Waals surface area (Å²) in [5, 5.41) is 9.70. The Morgan fingerprint density at radius 2 is 2.18 bits per heavy atom. The van der Waals surface area contributed by atoms with Crippen molar-refractivity contribution in [2.75, 3.05) is 0 Å². The first-order chi connectivity index (χ1) is 5.10. The molecule has 0 radical (unpaired) electrons. The molecule has 2 bridgehead atoms. The summed E-state index contributed by atoms with van der Waals surface area (Å²) in [5.41, 5.74) is -0.108. The van der Waals surface area contributed by atoms with Crippen LogP contribution in [0.2, 0.25) is 0 Å². The zero-order chi connectivity index (χ0) is 8.06. The highest BCUT2D eigenvalue weighted by atomic mass is 16.5. The van der Waals surface area contributed by atoms with Crippen LogP contribution in [0.5, 0.6) is 0 Å². The molecule has 1 fully saturated rings. The monoisotopic (exact) mass is 154 g/mol. The summed E-state index contributed by atoms with van der Waals surface area (Å²) in [4.78, 5) is 0. The molecule has 1 saturated heterocycles. The topological polar surface area (TPSA) is 29.5 Å². The summed E-state index contributed by atoms with van der Waals surface area (Å²) in [6.45, 7) is 4.10. The summed E-state index contributed by atoms with van der Waals surface area (Å²) in [7, 11) is 0. The lowest BCUT2D eigenvalue weighted by atomic mass is 9.78. The van der Waals surface area contributed by atoms with Gasteiger partial charge in [0, 0.05) is 11.8 Å². The second kappa shape index (κ2) is 2.08. The van der Waals surface area contributed by atoms with Crippen molar-refractivity contribution in [2.24, 2.45) is 5.41 Å². The van der Waals surface area contributed by atoms with Crippen LogP contribution in [-0.4, -0.2) is 23.4 Å². The Hall–Kier alpha value is -0.340. The van der Waals surface area contributed by atoms with Gasteiger partial charge in [-0.1, -0.05) is 26.0 Å². The largest absolute Gasteiger partial charge is 0.392 e. The Kier molecular flexibility index (Phi) is 1.38. The Morgan fingerprint density at radius 1 is 1.45 bits per heavy atom. The fraction of sp³-hybridized carbons (Fsp3) is 0.778. The predicted octanol–water partition coefficient (Wildman–Crippen LogP) is 1.10. The molecule has 0 saturated carbocycles. The van der Waals surface area contributed by atoms with E-state index in [0.29, 0.717) is 0 Å². The molecule has 1 N–H and O–H groups in total. The first-order valence-corrected chi connectivity index (χ1v) is 4.12. The minimum absolute atomic E-state index is 0.108. The van der Waals surface area contributed by atoms with Gasteiger partial charge in [-0.05, 0) is 0 Å². The van der Waals surface area contributed by atoms with Gasteiger partial charge in [-0.25, -0.2) is 0 Å².